The van der Waals surface area contributed by atoms with Crippen LogP contribution in [0.1, 0.15) is 17.1 Å². The van der Waals surface area contributed by atoms with Gasteiger partial charge in [0, 0.05) is 10.7 Å². The molecule has 0 fully saturated rings. The Kier molecular flexibility index (Phi) is 5.77. The number of aromatic nitrogens is 3. The van der Waals surface area contributed by atoms with Crippen molar-refractivity contribution in [2.75, 3.05) is 17.7 Å². The van der Waals surface area contributed by atoms with Gasteiger partial charge < -0.3 is 19.9 Å². The van der Waals surface area contributed by atoms with Crippen molar-refractivity contribution in [1.29, 1.82) is 0 Å². The number of amides is 2. The Morgan fingerprint density at radius 3 is 2.55 bits per heavy atom. The van der Waals surface area contributed by atoms with Crippen molar-refractivity contribution in [3.63, 3.8) is 0 Å². The molecule has 0 aliphatic carbocycles. The van der Waals surface area contributed by atoms with Crippen LogP contribution in [0, 0.1) is 13.8 Å². The van der Waals surface area contributed by atoms with Crippen LogP contribution in [0.15, 0.2) is 54.6 Å². The summed E-state index contributed by atoms with van der Waals surface area (Å²) in [5.74, 6) is 1.66. The van der Waals surface area contributed by atoms with Gasteiger partial charge >= 0.3 is 6.03 Å². The van der Waals surface area contributed by atoms with Gasteiger partial charge in [0.05, 0.1) is 25.0 Å². The number of aryl methyl sites for hydroxylation is 2. The molecule has 4 aromatic rings. The number of urea groups is 1. The fourth-order valence-corrected chi connectivity index (χ4v) is 3.52. The minimum atomic E-state index is -0.374. The summed E-state index contributed by atoms with van der Waals surface area (Å²) in [4.78, 5) is 21.8. The van der Waals surface area contributed by atoms with Gasteiger partial charge in [0.1, 0.15) is 17.1 Å². The molecule has 0 aliphatic heterocycles. The molecule has 4 rings (SSSR count). The molecule has 2 heterocycles. The maximum Gasteiger partial charge on any atom is 0.323 e. The zero-order valence-corrected chi connectivity index (χ0v) is 18.2. The Morgan fingerprint density at radius 1 is 1.06 bits per heavy atom. The SMILES string of the molecule is COc1ccc(Cn2c(C)nc3cc(NC(=O)Nc4cccc(Cl)c4)c(C)nc32)cc1. The molecule has 2 N–H and O–H groups in total. The van der Waals surface area contributed by atoms with Crippen molar-refractivity contribution in [3.8, 4) is 5.75 Å². The number of methoxy groups -OCH3 is 1. The maximum atomic E-state index is 12.4. The third-order valence-electron chi connectivity index (χ3n) is 4.93. The molecular weight excluding hydrogens is 414 g/mol. The number of hydrogen-bond acceptors (Lipinski definition) is 4. The zero-order chi connectivity index (χ0) is 22.0. The molecule has 0 unspecified atom stereocenters. The van der Waals surface area contributed by atoms with Gasteiger partial charge in [-0.3, -0.25) is 0 Å². The van der Waals surface area contributed by atoms with E-state index in [2.05, 4.69) is 20.2 Å². The lowest BCUT2D eigenvalue weighted by molar-refractivity contribution is 0.262. The Hall–Kier alpha value is -3.58. The number of carbonyl (C=O) groups is 1. The molecule has 31 heavy (non-hydrogen) atoms. The Labute approximate surface area is 185 Å². The van der Waals surface area contributed by atoms with Crippen LogP contribution in [0.5, 0.6) is 5.75 Å². The predicted molar refractivity (Wildman–Crippen MR) is 123 cm³/mol. The highest BCUT2D eigenvalue weighted by Crippen LogP contribution is 2.23. The first-order chi connectivity index (χ1) is 14.9. The van der Waals surface area contributed by atoms with E-state index in [1.807, 2.05) is 44.2 Å². The van der Waals surface area contributed by atoms with Gasteiger partial charge in [-0.2, -0.15) is 0 Å². The molecule has 2 amide bonds. The van der Waals surface area contributed by atoms with E-state index in [1.165, 1.54) is 0 Å². The van der Waals surface area contributed by atoms with Crippen LogP contribution in [0.4, 0.5) is 16.2 Å². The number of fused-ring (bicyclic) bond motifs is 1. The third-order valence-corrected chi connectivity index (χ3v) is 5.17. The van der Waals surface area contributed by atoms with Crippen LogP contribution in [-0.4, -0.2) is 27.7 Å². The first-order valence-electron chi connectivity index (χ1n) is 9.74. The third kappa shape index (κ3) is 4.62. The zero-order valence-electron chi connectivity index (χ0n) is 17.4. The van der Waals surface area contributed by atoms with Crippen LogP contribution < -0.4 is 15.4 Å². The molecule has 0 saturated heterocycles. The molecule has 158 valence electrons. The molecule has 0 atom stereocenters. The van der Waals surface area contributed by atoms with Crippen molar-refractivity contribution in [2.45, 2.75) is 20.4 Å². The van der Waals surface area contributed by atoms with Crippen molar-refractivity contribution in [2.24, 2.45) is 0 Å². The van der Waals surface area contributed by atoms with Crippen molar-refractivity contribution in [3.05, 3.63) is 76.7 Å². The van der Waals surface area contributed by atoms with Crippen LogP contribution in [0.2, 0.25) is 5.02 Å². The lowest BCUT2D eigenvalue weighted by atomic mass is 10.2. The predicted octanol–water partition coefficient (Wildman–Crippen LogP) is 5.40. The summed E-state index contributed by atoms with van der Waals surface area (Å²) in [5.41, 5.74) is 4.51. The van der Waals surface area contributed by atoms with Crippen LogP contribution in [0.25, 0.3) is 11.2 Å². The summed E-state index contributed by atoms with van der Waals surface area (Å²) in [5, 5.41) is 6.16. The first kappa shape index (κ1) is 20.7. The second-order valence-electron chi connectivity index (χ2n) is 7.15. The average Bonchev–Trinajstić information content (AvgIpc) is 3.03. The average molecular weight is 436 g/mol. The molecule has 2 aromatic heterocycles. The number of ether oxygens (including phenoxy) is 1. The van der Waals surface area contributed by atoms with Gasteiger partial charge in [0.2, 0.25) is 0 Å². The van der Waals surface area contributed by atoms with Crippen molar-refractivity contribution in [1.82, 2.24) is 14.5 Å². The quantitative estimate of drug-likeness (QED) is 0.439. The molecule has 2 aromatic carbocycles. The highest BCUT2D eigenvalue weighted by Gasteiger charge is 2.14. The minimum Gasteiger partial charge on any atom is -0.497 e. The topological polar surface area (TPSA) is 81.1 Å². The second kappa shape index (κ2) is 8.65. The van der Waals surface area contributed by atoms with Gasteiger partial charge in [-0.15, -0.1) is 0 Å². The van der Waals surface area contributed by atoms with E-state index in [9.17, 15) is 4.79 Å². The monoisotopic (exact) mass is 435 g/mol. The van der Waals surface area contributed by atoms with Gasteiger partial charge in [0.25, 0.3) is 0 Å². The number of imidazole rings is 1. The van der Waals surface area contributed by atoms with Crippen molar-refractivity contribution >= 4 is 40.2 Å². The number of anilines is 2. The minimum absolute atomic E-state index is 0.374. The fraction of sp³-hybridized carbons (Fsp3) is 0.174. The van der Waals surface area contributed by atoms with E-state index in [0.717, 1.165) is 28.3 Å². The maximum absolute atomic E-state index is 12.4. The Balaban J connectivity index is 1.56. The lowest BCUT2D eigenvalue weighted by Crippen LogP contribution is -2.20. The van der Waals surface area contributed by atoms with E-state index >= 15 is 0 Å². The van der Waals surface area contributed by atoms with Gasteiger partial charge in [-0.25, -0.2) is 14.8 Å². The number of hydrogen-bond donors (Lipinski definition) is 2. The smallest absolute Gasteiger partial charge is 0.323 e. The van der Waals surface area contributed by atoms with Crippen LogP contribution >= 0.6 is 11.6 Å². The highest BCUT2D eigenvalue weighted by atomic mass is 35.5. The summed E-state index contributed by atoms with van der Waals surface area (Å²) in [6.07, 6.45) is 0. The number of pyridine rings is 1. The normalized spacial score (nSPS) is 10.8. The largest absolute Gasteiger partial charge is 0.497 e. The van der Waals surface area contributed by atoms with Gasteiger partial charge in [-0.05, 0) is 55.8 Å². The van der Waals surface area contributed by atoms with Crippen molar-refractivity contribution < 1.29 is 9.53 Å². The number of carbonyl (C=O) groups excluding carboxylic acids is 1. The summed E-state index contributed by atoms with van der Waals surface area (Å²) in [6, 6.07) is 16.3. The molecule has 8 heteroatoms. The summed E-state index contributed by atoms with van der Waals surface area (Å²) in [6.45, 7) is 4.44. The lowest BCUT2D eigenvalue weighted by Gasteiger charge is -2.11. The molecule has 0 aliphatic rings. The van der Waals surface area contributed by atoms with E-state index < -0.39 is 0 Å². The standard InChI is InChI=1S/C23H22ClN5O2/c1-14-20(28-23(30)27-18-6-4-5-17(24)11-18)12-21-22(25-14)29(15(2)26-21)13-16-7-9-19(31-3)10-8-16/h4-12H,13H2,1-3H3,(H2,27,28,30). The van der Waals surface area contributed by atoms with Gasteiger partial charge in [-0.1, -0.05) is 29.8 Å². The summed E-state index contributed by atoms with van der Waals surface area (Å²) < 4.78 is 7.28. The Morgan fingerprint density at radius 2 is 1.84 bits per heavy atom. The summed E-state index contributed by atoms with van der Waals surface area (Å²) in [7, 11) is 1.65. The number of nitrogens with one attached hydrogen (secondary N) is 2. The molecule has 0 saturated carbocycles. The molecule has 0 spiro atoms. The number of rotatable bonds is 5. The molecule has 7 nitrogen and oxygen atoms in total. The highest BCUT2D eigenvalue weighted by molar-refractivity contribution is 6.30. The summed E-state index contributed by atoms with van der Waals surface area (Å²) >= 11 is 5.97. The van der Waals surface area contributed by atoms with Crippen LogP contribution in [-0.2, 0) is 6.54 Å². The fourth-order valence-electron chi connectivity index (χ4n) is 3.33. The van der Waals surface area contributed by atoms with Gasteiger partial charge in [0.15, 0.2) is 5.65 Å². The van der Waals surface area contributed by atoms with E-state index in [1.54, 1.807) is 31.4 Å². The van der Waals surface area contributed by atoms with Crippen LogP contribution in [0.3, 0.4) is 0 Å². The number of nitrogens with zero attached hydrogens (tertiary/aromatic N) is 3. The van der Waals surface area contributed by atoms with E-state index in [0.29, 0.717) is 28.6 Å². The van der Waals surface area contributed by atoms with E-state index in [4.69, 9.17) is 21.3 Å². The second-order valence-corrected chi connectivity index (χ2v) is 7.58. The molecular formula is C23H22ClN5O2. The Bertz CT molecular complexity index is 1250. The molecule has 0 bridgehead atoms. The number of halogens is 1. The molecule has 0 radical (unpaired) electrons. The number of benzene rings is 2. The first-order valence-corrected chi connectivity index (χ1v) is 10.1. The van der Waals surface area contributed by atoms with E-state index in [-0.39, 0.29) is 6.03 Å².